The van der Waals surface area contributed by atoms with Crippen LogP contribution in [-0.4, -0.2) is 40.9 Å². The molecule has 1 aromatic heterocycles. The molecule has 6 nitrogen and oxygen atoms in total. The third-order valence-electron chi connectivity index (χ3n) is 4.18. The first-order valence-electron chi connectivity index (χ1n) is 8.44. The van der Waals surface area contributed by atoms with E-state index in [-0.39, 0.29) is 30.3 Å². The minimum atomic E-state index is -0.361. The van der Waals surface area contributed by atoms with Gasteiger partial charge in [0.15, 0.2) is 6.61 Å². The van der Waals surface area contributed by atoms with E-state index >= 15 is 0 Å². The van der Waals surface area contributed by atoms with Gasteiger partial charge in [-0.05, 0) is 48.4 Å². The fraction of sp³-hybridized carbons (Fsp3) is 0.316. The third kappa shape index (κ3) is 5.02. The van der Waals surface area contributed by atoms with Crippen molar-refractivity contribution in [1.29, 1.82) is 0 Å². The van der Waals surface area contributed by atoms with E-state index in [9.17, 15) is 14.0 Å². The highest BCUT2D eigenvalue weighted by molar-refractivity contribution is 5.80. The van der Waals surface area contributed by atoms with Crippen molar-refractivity contribution in [2.24, 2.45) is 0 Å². The van der Waals surface area contributed by atoms with Crippen molar-refractivity contribution in [3.8, 4) is 5.75 Å². The van der Waals surface area contributed by atoms with Crippen molar-refractivity contribution in [1.82, 2.24) is 15.2 Å². The quantitative estimate of drug-likeness (QED) is 0.822. The lowest BCUT2D eigenvalue weighted by atomic mass is 10.2. The van der Waals surface area contributed by atoms with Crippen molar-refractivity contribution < 1.29 is 18.7 Å². The van der Waals surface area contributed by atoms with Crippen LogP contribution < -0.4 is 10.1 Å². The summed E-state index contributed by atoms with van der Waals surface area (Å²) in [5.74, 6) is -0.126. The minimum Gasteiger partial charge on any atom is -0.484 e. The molecule has 1 aromatic carbocycles. The molecule has 3 rings (SSSR count). The molecular formula is C19H20FN3O3. The van der Waals surface area contributed by atoms with Crippen LogP contribution in [-0.2, 0) is 16.1 Å². The lowest BCUT2D eigenvalue weighted by Crippen LogP contribution is -2.43. The summed E-state index contributed by atoms with van der Waals surface area (Å²) in [5, 5.41) is 2.88. The van der Waals surface area contributed by atoms with Crippen LogP contribution >= 0.6 is 0 Å². The number of carbonyl (C=O) groups excluding carboxylic acids is 2. The molecule has 26 heavy (non-hydrogen) atoms. The summed E-state index contributed by atoms with van der Waals surface area (Å²) in [7, 11) is 0. The number of carbonyl (C=O) groups is 2. The lowest BCUT2D eigenvalue weighted by Gasteiger charge is -2.26. The molecule has 1 aliphatic heterocycles. The van der Waals surface area contributed by atoms with E-state index in [1.807, 2.05) is 12.1 Å². The van der Waals surface area contributed by atoms with Gasteiger partial charge in [0.1, 0.15) is 11.6 Å². The third-order valence-corrected chi connectivity index (χ3v) is 4.18. The fourth-order valence-electron chi connectivity index (χ4n) is 2.81. The highest BCUT2D eigenvalue weighted by Crippen LogP contribution is 2.14. The number of ether oxygens (including phenoxy) is 1. The van der Waals surface area contributed by atoms with Gasteiger partial charge in [0.2, 0.25) is 5.91 Å². The van der Waals surface area contributed by atoms with Gasteiger partial charge in [-0.2, -0.15) is 0 Å². The summed E-state index contributed by atoms with van der Waals surface area (Å²) in [5.41, 5.74) is 0.944. The summed E-state index contributed by atoms with van der Waals surface area (Å²) in [4.78, 5) is 29.7. The number of amides is 2. The monoisotopic (exact) mass is 357 g/mol. The molecule has 2 amide bonds. The second-order valence-electron chi connectivity index (χ2n) is 6.18. The minimum absolute atomic E-state index is 0.00822. The van der Waals surface area contributed by atoms with Crippen molar-refractivity contribution >= 4 is 11.8 Å². The molecule has 0 saturated carbocycles. The first kappa shape index (κ1) is 17.8. The summed E-state index contributed by atoms with van der Waals surface area (Å²) in [6, 6.07) is 9.15. The van der Waals surface area contributed by atoms with Crippen LogP contribution in [0.2, 0.25) is 0 Å². The van der Waals surface area contributed by atoms with E-state index in [1.165, 1.54) is 24.3 Å². The van der Waals surface area contributed by atoms with Gasteiger partial charge in [0.25, 0.3) is 5.91 Å². The van der Waals surface area contributed by atoms with Crippen LogP contribution in [0.3, 0.4) is 0 Å². The number of hydrogen-bond donors (Lipinski definition) is 1. The summed E-state index contributed by atoms with van der Waals surface area (Å²) >= 11 is 0. The van der Waals surface area contributed by atoms with Gasteiger partial charge in [-0.1, -0.05) is 0 Å². The predicted molar refractivity (Wildman–Crippen MR) is 92.7 cm³/mol. The van der Waals surface area contributed by atoms with Crippen molar-refractivity contribution in [3.63, 3.8) is 0 Å². The standard InChI is InChI=1S/C19H20FN3O3/c20-15-1-4-17(5-2-15)26-13-19(25)23(11-14-7-9-21-10-8-14)12-16-3-6-18(24)22-16/h1-2,4-5,7-10,16H,3,6,11-13H2,(H,22,24)/t16-/m0/s1. The number of pyridine rings is 1. The maximum absolute atomic E-state index is 12.9. The summed E-state index contributed by atoms with van der Waals surface area (Å²) < 4.78 is 18.4. The van der Waals surface area contributed by atoms with Gasteiger partial charge < -0.3 is 15.0 Å². The molecule has 2 heterocycles. The van der Waals surface area contributed by atoms with E-state index in [0.717, 1.165) is 5.56 Å². The van der Waals surface area contributed by atoms with Gasteiger partial charge in [-0.3, -0.25) is 14.6 Å². The summed E-state index contributed by atoms with van der Waals surface area (Å²) in [6.45, 7) is 0.664. The highest BCUT2D eigenvalue weighted by atomic mass is 19.1. The smallest absolute Gasteiger partial charge is 0.260 e. The van der Waals surface area contributed by atoms with Crippen molar-refractivity contribution in [2.45, 2.75) is 25.4 Å². The van der Waals surface area contributed by atoms with E-state index in [4.69, 9.17) is 4.74 Å². The van der Waals surface area contributed by atoms with Crippen LogP contribution in [0, 0.1) is 5.82 Å². The lowest BCUT2D eigenvalue weighted by molar-refractivity contribution is -0.134. The van der Waals surface area contributed by atoms with Gasteiger partial charge in [0, 0.05) is 37.9 Å². The zero-order valence-electron chi connectivity index (χ0n) is 14.2. The highest BCUT2D eigenvalue weighted by Gasteiger charge is 2.25. The maximum Gasteiger partial charge on any atom is 0.260 e. The van der Waals surface area contributed by atoms with Crippen LogP contribution in [0.4, 0.5) is 4.39 Å². The van der Waals surface area contributed by atoms with Crippen LogP contribution in [0.1, 0.15) is 18.4 Å². The molecule has 0 radical (unpaired) electrons. The number of halogens is 1. The van der Waals surface area contributed by atoms with Gasteiger partial charge in [0.05, 0.1) is 0 Å². The molecule has 0 bridgehead atoms. The first-order valence-corrected chi connectivity index (χ1v) is 8.44. The molecule has 0 spiro atoms. The van der Waals surface area contributed by atoms with Gasteiger partial charge in [-0.25, -0.2) is 4.39 Å². The van der Waals surface area contributed by atoms with Gasteiger partial charge in [-0.15, -0.1) is 0 Å². The topological polar surface area (TPSA) is 71.5 Å². The number of rotatable bonds is 7. The molecule has 1 N–H and O–H groups in total. The zero-order chi connectivity index (χ0) is 18.4. The zero-order valence-corrected chi connectivity index (χ0v) is 14.2. The van der Waals surface area contributed by atoms with Crippen molar-refractivity contribution in [2.75, 3.05) is 13.2 Å². The number of nitrogens with one attached hydrogen (secondary N) is 1. The molecule has 1 saturated heterocycles. The number of nitrogens with zero attached hydrogens (tertiary/aromatic N) is 2. The SMILES string of the molecule is O=C1CC[C@@H](CN(Cc2ccncc2)C(=O)COc2ccc(F)cc2)N1. The van der Waals surface area contributed by atoms with Crippen LogP contribution in [0.25, 0.3) is 0 Å². The summed E-state index contributed by atoms with van der Waals surface area (Å²) in [6.07, 6.45) is 4.53. The fourth-order valence-corrected chi connectivity index (χ4v) is 2.81. The van der Waals surface area contributed by atoms with E-state index in [2.05, 4.69) is 10.3 Å². The Hall–Kier alpha value is -2.96. The van der Waals surface area contributed by atoms with E-state index in [1.54, 1.807) is 17.3 Å². The second kappa shape index (κ2) is 8.42. The maximum atomic E-state index is 12.9. The van der Waals surface area contributed by atoms with Crippen molar-refractivity contribution in [3.05, 3.63) is 60.2 Å². The van der Waals surface area contributed by atoms with Gasteiger partial charge >= 0.3 is 0 Å². The Morgan fingerprint density at radius 1 is 1.23 bits per heavy atom. The molecule has 0 unspecified atom stereocenters. The Bertz CT molecular complexity index is 752. The Balaban J connectivity index is 1.63. The van der Waals surface area contributed by atoms with Crippen LogP contribution in [0.15, 0.2) is 48.8 Å². The molecular weight excluding hydrogens is 337 g/mol. The Kier molecular flexibility index (Phi) is 5.78. The predicted octanol–water partition coefficient (Wildman–Crippen LogP) is 1.91. The molecule has 2 aromatic rings. The average Bonchev–Trinajstić information content (AvgIpc) is 3.06. The van der Waals surface area contributed by atoms with E-state index in [0.29, 0.717) is 31.7 Å². The molecule has 1 aliphatic rings. The normalized spacial score (nSPS) is 16.2. The number of hydrogen-bond acceptors (Lipinski definition) is 4. The first-order chi connectivity index (χ1) is 12.6. The molecule has 1 fully saturated rings. The molecule has 7 heteroatoms. The average molecular weight is 357 g/mol. The number of aromatic nitrogens is 1. The molecule has 1 atom stereocenters. The molecule has 136 valence electrons. The Morgan fingerprint density at radius 3 is 2.62 bits per heavy atom. The van der Waals surface area contributed by atoms with Crippen LogP contribution in [0.5, 0.6) is 5.75 Å². The largest absolute Gasteiger partial charge is 0.484 e. The second-order valence-corrected chi connectivity index (χ2v) is 6.18. The Morgan fingerprint density at radius 2 is 1.96 bits per heavy atom. The van der Waals surface area contributed by atoms with E-state index < -0.39 is 0 Å². The Labute approximate surface area is 151 Å². The number of benzene rings is 1. The molecule has 0 aliphatic carbocycles.